The number of thioether (sulfide) groups is 1. The number of nitrogens with zero attached hydrogens (tertiary/aromatic N) is 1. The van der Waals surface area contributed by atoms with Gasteiger partial charge in [-0.2, -0.15) is 11.8 Å². The molecule has 0 aromatic rings. The number of hydrogen-bond acceptors (Lipinski definition) is 3. The molecular formula is C11H23N3S. The molecule has 1 heterocycles. The molecule has 1 atom stereocenters. The van der Waals surface area contributed by atoms with Crippen molar-refractivity contribution in [2.24, 2.45) is 5.73 Å². The summed E-state index contributed by atoms with van der Waals surface area (Å²) in [5, 5.41) is 7.59. The van der Waals surface area contributed by atoms with E-state index in [0.29, 0.717) is 10.6 Å². The summed E-state index contributed by atoms with van der Waals surface area (Å²) in [6, 6.07) is 0.152. The lowest BCUT2D eigenvalue weighted by atomic mass is 10.1. The molecule has 0 aliphatic carbocycles. The summed E-state index contributed by atoms with van der Waals surface area (Å²) in [6.07, 6.45) is 2.13. The van der Waals surface area contributed by atoms with Crippen molar-refractivity contribution in [1.29, 1.82) is 5.41 Å². The Hall–Kier alpha value is -0.220. The Bertz CT molecular complexity index is 228. The van der Waals surface area contributed by atoms with Gasteiger partial charge in [0, 0.05) is 23.6 Å². The monoisotopic (exact) mass is 229 g/mol. The van der Waals surface area contributed by atoms with Crippen LogP contribution < -0.4 is 5.73 Å². The van der Waals surface area contributed by atoms with E-state index in [1.807, 2.05) is 11.8 Å². The van der Waals surface area contributed by atoms with E-state index in [0.717, 1.165) is 25.3 Å². The number of rotatable bonds is 3. The van der Waals surface area contributed by atoms with Crippen molar-refractivity contribution in [2.45, 2.75) is 44.4 Å². The Morgan fingerprint density at radius 1 is 1.53 bits per heavy atom. The molecule has 1 fully saturated rings. The molecule has 1 saturated heterocycles. The molecule has 3 nitrogen and oxygen atoms in total. The quantitative estimate of drug-likeness (QED) is 0.574. The summed E-state index contributed by atoms with van der Waals surface area (Å²) < 4.78 is 0.379. The van der Waals surface area contributed by atoms with Crippen molar-refractivity contribution in [3.63, 3.8) is 0 Å². The van der Waals surface area contributed by atoms with Crippen LogP contribution in [-0.2, 0) is 0 Å². The van der Waals surface area contributed by atoms with Crippen molar-refractivity contribution >= 4 is 17.6 Å². The minimum atomic E-state index is 0.152. The third kappa shape index (κ3) is 3.68. The maximum absolute atomic E-state index is 7.59. The highest BCUT2D eigenvalue weighted by molar-refractivity contribution is 8.00. The van der Waals surface area contributed by atoms with Crippen molar-refractivity contribution in [3.05, 3.63) is 0 Å². The summed E-state index contributed by atoms with van der Waals surface area (Å²) in [5.74, 6) is 1.47. The molecule has 0 aromatic heterocycles. The number of hydrogen-bond donors (Lipinski definition) is 2. The Morgan fingerprint density at radius 3 is 2.73 bits per heavy atom. The van der Waals surface area contributed by atoms with E-state index in [4.69, 9.17) is 11.1 Å². The van der Waals surface area contributed by atoms with Crippen LogP contribution in [0, 0.1) is 5.41 Å². The van der Waals surface area contributed by atoms with Crippen LogP contribution in [-0.4, -0.2) is 40.4 Å². The Kier molecular flexibility index (Phi) is 4.46. The molecule has 0 bridgehead atoms. The fraction of sp³-hybridized carbons (Fsp3) is 0.909. The molecule has 1 aliphatic rings. The van der Waals surface area contributed by atoms with E-state index >= 15 is 0 Å². The van der Waals surface area contributed by atoms with E-state index in [1.54, 1.807) is 0 Å². The summed E-state index contributed by atoms with van der Waals surface area (Å²) >= 11 is 2.03. The maximum Gasteiger partial charge on any atom is 0.108 e. The highest BCUT2D eigenvalue weighted by atomic mass is 32.2. The minimum absolute atomic E-state index is 0.152. The standard InChI is InChI=1S/C11H23N3S/c1-4-9(10(12)13)14-6-5-11(2,3)15-8-7-14/h9H,4-8H2,1-3H3,(H3,12,13). The first-order valence-electron chi connectivity index (χ1n) is 5.68. The normalized spacial score (nSPS) is 24.5. The van der Waals surface area contributed by atoms with Gasteiger partial charge in [-0.3, -0.25) is 10.3 Å². The van der Waals surface area contributed by atoms with Gasteiger partial charge in [-0.1, -0.05) is 20.8 Å². The smallest absolute Gasteiger partial charge is 0.108 e. The van der Waals surface area contributed by atoms with E-state index in [-0.39, 0.29) is 6.04 Å². The molecule has 1 unspecified atom stereocenters. The van der Waals surface area contributed by atoms with Gasteiger partial charge >= 0.3 is 0 Å². The van der Waals surface area contributed by atoms with Crippen LogP contribution >= 0.6 is 11.8 Å². The Balaban J connectivity index is 2.60. The van der Waals surface area contributed by atoms with Gasteiger partial charge in [-0.05, 0) is 12.8 Å². The first kappa shape index (κ1) is 12.8. The highest BCUT2D eigenvalue weighted by Gasteiger charge is 2.27. The van der Waals surface area contributed by atoms with Crippen LogP contribution in [0.4, 0.5) is 0 Å². The number of nitrogens with one attached hydrogen (secondary N) is 1. The fourth-order valence-corrected chi connectivity index (χ4v) is 3.14. The van der Waals surface area contributed by atoms with E-state index in [9.17, 15) is 0 Å². The van der Waals surface area contributed by atoms with Crippen molar-refractivity contribution in [3.8, 4) is 0 Å². The predicted octanol–water partition coefficient (Wildman–Crippen LogP) is 1.92. The number of amidine groups is 1. The van der Waals surface area contributed by atoms with Crippen LogP contribution in [0.25, 0.3) is 0 Å². The van der Waals surface area contributed by atoms with Crippen molar-refractivity contribution in [1.82, 2.24) is 4.90 Å². The maximum atomic E-state index is 7.59. The zero-order valence-corrected chi connectivity index (χ0v) is 10.9. The van der Waals surface area contributed by atoms with E-state index < -0.39 is 0 Å². The molecule has 15 heavy (non-hydrogen) atoms. The topological polar surface area (TPSA) is 53.1 Å². The molecule has 1 aliphatic heterocycles. The van der Waals surface area contributed by atoms with Gasteiger partial charge in [-0.15, -0.1) is 0 Å². The molecule has 3 N–H and O–H groups in total. The van der Waals surface area contributed by atoms with Gasteiger partial charge in [0.2, 0.25) is 0 Å². The molecule has 0 saturated carbocycles. The van der Waals surface area contributed by atoms with Gasteiger partial charge in [0.25, 0.3) is 0 Å². The zero-order valence-electron chi connectivity index (χ0n) is 10.0. The third-order valence-electron chi connectivity index (χ3n) is 3.06. The average Bonchev–Trinajstić information content (AvgIpc) is 2.28. The third-order valence-corrected chi connectivity index (χ3v) is 4.43. The fourth-order valence-electron chi connectivity index (χ4n) is 2.02. The van der Waals surface area contributed by atoms with Crippen molar-refractivity contribution < 1.29 is 0 Å². The first-order valence-corrected chi connectivity index (χ1v) is 6.67. The second kappa shape index (κ2) is 5.21. The summed E-state index contributed by atoms with van der Waals surface area (Å²) in [4.78, 5) is 2.37. The Morgan fingerprint density at radius 2 is 2.20 bits per heavy atom. The molecular weight excluding hydrogens is 206 g/mol. The van der Waals surface area contributed by atoms with Crippen LogP contribution in [0.5, 0.6) is 0 Å². The SMILES string of the molecule is CCC(C(=N)N)N1CCSC(C)(C)CC1. The molecule has 4 heteroatoms. The summed E-state index contributed by atoms with van der Waals surface area (Å²) in [5.41, 5.74) is 5.63. The first-order chi connectivity index (χ1) is 6.96. The van der Waals surface area contributed by atoms with Gasteiger partial charge < -0.3 is 5.73 Å². The summed E-state index contributed by atoms with van der Waals surface area (Å²) in [6.45, 7) is 8.84. The lowest BCUT2D eigenvalue weighted by molar-refractivity contribution is 0.245. The highest BCUT2D eigenvalue weighted by Crippen LogP contribution is 2.31. The molecule has 0 spiro atoms. The largest absolute Gasteiger partial charge is 0.386 e. The van der Waals surface area contributed by atoms with Crippen LogP contribution in [0.15, 0.2) is 0 Å². The minimum Gasteiger partial charge on any atom is -0.386 e. The summed E-state index contributed by atoms with van der Waals surface area (Å²) in [7, 11) is 0. The molecule has 1 rings (SSSR count). The van der Waals surface area contributed by atoms with Gasteiger partial charge in [0.1, 0.15) is 5.84 Å². The molecule has 0 amide bonds. The second-order valence-corrected chi connectivity index (χ2v) is 6.58. The zero-order chi connectivity index (χ0) is 11.5. The van der Waals surface area contributed by atoms with E-state index in [2.05, 4.69) is 25.7 Å². The lowest BCUT2D eigenvalue weighted by Gasteiger charge is -2.29. The van der Waals surface area contributed by atoms with Gasteiger partial charge in [0.15, 0.2) is 0 Å². The van der Waals surface area contributed by atoms with Gasteiger partial charge in [-0.25, -0.2) is 0 Å². The molecule has 88 valence electrons. The van der Waals surface area contributed by atoms with Crippen LogP contribution in [0.1, 0.15) is 33.6 Å². The Labute approximate surface area is 97.3 Å². The van der Waals surface area contributed by atoms with Gasteiger partial charge in [0.05, 0.1) is 6.04 Å². The van der Waals surface area contributed by atoms with Crippen LogP contribution in [0.2, 0.25) is 0 Å². The number of nitrogens with two attached hydrogens (primary N) is 1. The average molecular weight is 229 g/mol. The van der Waals surface area contributed by atoms with E-state index in [1.165, 1.54) is 6.42 Å². The van der Waals surface area contributed by atoms with Crippen molar-refractivity contribution in [2.75, 3.05) is 18.8 Å². The predicted molar refractivity (Wildman–Crippen MR) is 68.7 cm³/mol. The van der Waals surface area contributed by atoms with Crippen LogP contribution in [0.3, 0.4) is 0 Å². The second-order valence-electron chi connectivity index (χ2n) is 4.77. The molecule has 0 radical (unpaired) electrons. The molecule has 0 aromatic carbocycles. The lowest BCUT2D eigenvalue weighted by Crippen LogP contribution is -2.45.